The second-order valence-electron chi connectivity index (χ2n) is 2.49. The highest BCUT2D eigenvalue weighted by atomic mass is 17.2. The van der Waals surface area contributed by atoms with Gasteiger partial charge in [-0.15, -0.1) is 0 Å². The summed E-state index contributed by atoms with van der Waals surface area (Å²) in [5.74, 6) is 0. The lowest BCUT2D eigenvalue weighted by Gasteiger charge is -2.37. The minimum atomic E-state index is -0.844. The predicted molar refractivity (Wildman–Crippen MR) is 30.9 cm³/mol. The van der Waals surface area contributed by atoms with E-state index >= 15 is 0 Å². The molecule has 2 heterocycles. The van der Waals surface area contributed by atoms with Gasteiger partial charge in [0.25, 0.3) is 0 Å². The van der Waals surface area contributed by atoms with E-state index in [0.29, 0.717) is 0 Å². The summed E-state index contributed by atoms with van der Waals surface area (Å²) in [5, 5.41) is 18.3. The van der Waals surface area contributed by atoms with Crippen LogP contribution in [0.3, 0.4) is 0 Å². The number of rotatable bonds is 0. The lowest BCUT2D eigenvalue weighted by atomic mass is 9.95. The molecule has 0 amide bonds. The topological polar surface area (TPSA) is 58.9 Å². The molecule has 1 fully saturated rings. The molecule has 2 N–H and O–H groups in total. The van der Waals surface area contributed by atoms with E-state index < -0.39 is 24.4 Å². The van der Waals surface area contributed by atoms with Crippen LogP contribution >= 0.6 is 0 Å². The first kappa shape index (κ1) is 6.30. The first-order valence-electron chi connectivity index (χ1n) is 3.15. The van der Waals surface area contributed by atoms with Gasteiger partial charge >= 0.3 is 0 Å². The number of aliphatic hydroxyl groups is 2. The van der Waals surface area contributed by atoms with Crippen LogP contribution in [0.25, 0.3) is 0 Å². The predicted octanol–water partition coefficient (Wildman–Crippen LogP) is -1.02. The van der Waals surface area contributed by atoms with E-state index in [9.17, 15) is 0 Å². The molecule has 10 heavy (non-hydrogen) atoms. The standard InChI is InChI=1S/C6H8O4/c7-5-3-1-2-4(6(5)8)10-9-3/h1-8H/t3-,4+,5-,6+. The molecule has 4 atom stereocenters. The van der Waals surface area contributed by atoms with E-state index in [4.69, 9.17) is 10.2 Å². The van der Waals surface area contributed by atoms with E-state index in [1.54, 1.807) is 12.2 Å². The molecule has 56 valence electrons. The first-order chi connectivity index (χ1) is 4.79. The zero-order valence-electron chi connectivity index (χ0n) is 5.18. The van der Waals surface area contributed by atoms with Crippen LogP contribution in [0.15, 0.2) is 12.2 Å². The smallest absolute Gasteiger partial charge is 0.140 e. The van der Waals surface area contributed by atoms with Crippen molar-refractivity contribution < 1.29 is 20.0 Å². The Morgan fingerprint density at radius 2 is 1.30 bits per heavy atom. The van der Waals surface area contributed by atoms with Crippen molar-refractivity contribution in [2.24, 2.45) is 0 Å². The van der Waals surface area contributed by atoms with Crippen LogP contribution in [0.4, 0.5) is 0 Å². The molecule has 3 rings (SSSR count). The Labute approximate surface area is 57.6 Å². The zero-order chi connectivity index (χ0) is 7.14. The van der Waals surface area contributed by atoms with Crippen LogP contribution < -0.4 is 0 Å². The molecule has 0 radical (unpaired) electrons. The normalized spacial score (nSPS) is 51.8. The van der Waals surface area contributed by atoms with Crippen LogP contribution in [-0.2, 0) is 9.78 Å². The molecule has 0 spiro atoms. The molecule has 1 saturated heterocycles. The van der Waals surface area contributed by atoms with Crippen LogP contribution in [0.5, 0.6) is 0 Å². The van der Waals surface area contributed by atoms with Crippen molar-refractivity contribution >= 4 is 0 Å². The fourth-order valence-electron chi connectivity index (χ4n) is 1.14. The molecule has 0 aromatic rings. The largest absolute Gasteiger partial charge is 0.387 e. The lowest BCUT2D eigenvalue weighted by Crippen LogP contribution is -2.53. The van der Waals surface area contributed by atoms with E-state index in [-0.39, 0.29) is 0 Å². The molecule has 0 unspecified atom stereocenters. The minimum absolute atomic E-state index is 0.500. The summed E-state index contributed by atoms with van der Waals surface area (Å²) in [6, 6.07) is 0. The van der Waals surface area contributed by atoms with Gasteiger partial charge in [0.2, 0.25) is 0 Å². The van der Waals surface area contributed by atoms with E-state index in [2.05, 4.69) is 9.78 Å². The van der Waals surface area contributed by atoms with Crippen molar-refractivity contribution in [3.63, 3.8) is 0 Å². The van der Waals surface area contributed by atoms with Gasteiger partial charge in [-0.05, 0) is 0 Å². The Balaban J connectivity index is 2.25. The maximum atomic E-state index is 9.16. The third-order valence-corrected chi connectivity index (χ3v) is 1.79. The zero-order valence-corrected chi connectivity index (χ0v) is 5.18. The molecule has 0 saturated carbocycles. The number of aliphatic hydroxyl groups excluding tert-OH is 2. The first-order valence-corrected chi connectivity index (χ1v) is 3.15. The Bertz CT molecular complexity index is 149. The third-order valence-electron chi connectivity index (χ3n) is 1.79. The van der Waals surface area contributed by atoms with E-state index in [1.807, 2.05) is 0 Å². The van der Waals surface area contributed by atoms with E-state index in [1.165, 1.54) is 0 Å². The molecule has 2 aliphatic heterocycles. The van der Waals surface area contributed by atoms with Gasteiger partial charge < -0.3 is 10.2 Å². The number of fused-ring (bicyclic) bond motifs is 2. The summed E-state index contributed by atoms with van der Waals surface area (Å²) in [6.45, 7) is 0. The molecule has 0 aromatic heterocycles. The molecule has 1 aliphatic carbocycles. The van der Waals surface area contributed by atoms with E-state index in [0.717, 1.165) is 0 Å². The molecule has 4 nitrogen and oxygen atoms in total. The fourth-order valence-corrected chi connectivity index (χ4v) is 1.14. The van der Waals surface area contributed by atoms with Crippen LogP contribution in [0.1, 0.15) is 0 Å². The molecule has 3 aliphatic rings. The third kappa shape index (κ3) is 0.705. The summed E-state index contributed by atoms with van der Waals surface area (Å²) in [6.07, 6.45) is 0.685. The highest BCUT2D eigenvalue weighted by Crippen LogP contribution is 2.25. The number of hydrogen-bond donors (Lipinski definition) is 2. The van der Waals surface area contributed by atoms with Crippen molar-refractivity contribution in [2.75, 3.05) is 0 Å². The van der Waals surface area contributed by atoms with Gasteiger partial charge in [0.05, 0.1) is 0 Å². The molecular formula is C6H8O4. The van der Waals surface area contributed by atoms with Gasteiger partial charge in [0, 0.05) is 0 Å². The van der Waals surface area contributed by atoms with Gasteiger partial charge in [-0.3, -0.25) is 0 Å². The quantitative estimate of drug-likeness (QED) is 0.337. The van der Waals surface area contributed by atoms with Crippen molar-refractivity contribution in [3.8, 4) is 0 Å². The Morgan fingerprint density at radius 3 is 1.50 bits per heavy atom. The summed E-state index contributed by atoms with van der Waals surface area (Å²) in [7, 11) is 0. The molecule has 2 bridgehead atoms. The van der Waals surface area contributed by atoms with Crippen LogP contribution in [-0.4, -0.2) is 34.6 Å². The summed E-state index contributed by atoms with van der Waals surface area (Å²) < 4.78 is 0. The second kappa shape index (κ2) is 2.03. The van der Waals surface area contributed by atoms with Crippen molar-refractivity contribution in [3.05, 3.63) is 12.2 Å². The number of hydrogen-bond acceptors (Lipinski definition) is 4. The average Bonchev–Trinajstić information content (AvgIpc) is 2.00. The summed E-state index contributed by atoms with van der Waals surface area (Å²) in [4.78, 5) is 9.33. The van der Waals surface area contributed by atoms with Gasteiger partial charge in [-0.1, -0.05) is 12.2 Å². The maximum Gasteiger partial charge on any atom is 0.140 e. The van der Waals surface area contributed by atoms with Crippen molar-refractivity contribution in [1.82, 2.24) is 0 Å². The van der Waals surface area contributed by atoms with Crippen molar-refractivity contribution in [2.45, 2.75) is 24.4 Å². The highest BCUT2D eigenvalue weighted by Gasteiger charge is 2.41. The lowest BCUT2D eigenvalue weighted by molar-refractivity contribution is -0.400. The van der Waals surface area contributed by atoms with Gasteiger partial charge in [-0.25, -0.2) is 9.78 Å². The minimum Gasteiger partial charge on any atom is -0.387 e. The Kier molecular flexibility index (Phi) is 1.28. The van der Waals surface area contributed by atoms with Gasteiger partial charge in [-0.2, -0.15) is 0 Å². The maximum absolute atomic E-state index is 9.16. The SMILES string of the molecule is O[C@@H]1[C@H](O)[C@H]2C=C[C@@H]1OO2. The monoisotopic (exact) mass is 144 g/mol. The Morgan fingerprint density at radius 1 is 0.900 bits per heavy atom. The fraction of sp³-hybridized carbons (Fsp3) is 0.667. The van der Waals surface area contributed by atoms with Crippen molar-refractivity contribution in [1.29, 1.82) is 0 Å². The van der Waals surface area contributed by atoms with Crippen LogP contribution in [0, 0.1) is 0 Å². The molecular weight excluding hydrogens is 136 g/mol. The van der Waals surface area contributed by atoms with Gasteiger partial charge in [0.1, 0.15) is 24.4 Å². The molecule has 4 heteroatoms. The second-order valence-corrected chi connectivity index (χ2v) is 2.49. The van der Waals surface area contributed by atoms with Crippen LogP contribution in [0.2, 0.25) is 0 Å². The average molecular weight is 144 g/mol. The van der Waals surface area contributed by atoms with Gasteiger partial charge in [0.15, 0.2) is 0 Å². The highest BCUT2D eigenvalue weighted by molar-refractivity contribution is 5.10. The summed E-state index contributed by atoms with van der Waals surface area (Å²) in [5.41, 5.74) is 0. The molecule has 0 aromatic carbocycles. The Hall–Kier alpha value is -0.420. The summed E-state index contributed by atoms with van der Waals surface area (Å²) >= 11 is 0.